The molecule has 0 heterocycles. The molecule has 0 saturated heterocycles. The van der Waals surface area contributed by atoms with E-state index in [9.17, 15) is 8.42 Å². The average Bonchev–Trinajstić information content (AvgIpc) is 3.09. The lowest BCUT2D eigenvalue weighted by atomic mass is 10.0. The Balaban J connectivity index is 0.00000576. The molecule has 0 unspecified atom stereocenters. The molecule has 1 aliphatic carbocycles. The van der Waals surface area contributed by atoms with Crippen LogP contribution < -0.4 is 10.6 Å². The van der Waals surface area contributed by atoms with Gasteiger partial charge in [-0.1, -0.05) is 38.5 Å². The number of sulfonamides is 1. The highest BCUT2D eigenvalue weighted by Crippen LogP contribution is 2.28. The fraction of sp³-hybridized carbons (Fsp3) is 0.941. The summed E-state index contributed by atoms with van der Waals surface area (Å²) in [4.78, 5) is 4.21. The Bertz CT molecular complexity index is 465. The van der Waals surface area contributed by atoms with Crippen LogP contribution in [-0.2, 0) is 10.0 Å². The average molecular weight is 488 g/mol. The maximum atomic E-state index is 11.7. The Kier molecular flexibility index (Phi) is 14.0. The van der Waals surface area contributed by atoms with Crippen molar-refractivity contribution >= 4 is 40.0 Å². The van der Waals surface area contributed by atoms with Crippen molar-refractivity contribution in [2.45, 2.75) is 58.3 Å². The van der Waals surface area contributed by atoms with Crippen molar-refractivity contribution in [3.05, 3.63) is 0 Å². The minimum absolute atomic E-state index is 0. The standard InChI is InChI=1S/C17H36N4O2S.HI/c1-4-24(22,23)21(3)15-9-14-20-17(18-2)19-13-8-7-12-16-10-5-6-11-16;/h16H,4-15H2,1-3H3,(H2,18,19,20);1H. The lowest BCUT2D eigenvalue weighted by Gasteiger charge is -2.17. The minimum Gasteiger partial charge on any atom is -0.356 e. The minimum atomic E-state index is -3.07. The van der Waals surface area contributed by atoms with Crippen LogP contribution in [0.25, 0.3) is 0 Å². The van der Waals surface area contributed by atoms with Crippen LogP contribution in [-0.4, -0.2) is 58.2 Å². The number of nitrogens with zero attached hydrogens (tertiary/aromatic N) is 2. The van der Waals surface area contributed by atoms with E-state index in [0.29, 0.717) is 13.1 Å². The van der Waals surface area contributed by atoms with Crippen LogP contribution in [0.2, 0.25) is 0 Å². The van der Waals surface area contributed by atoms with Gasteiger partial charge < -0.3 is 10.6 Å². The number of unbranched alkanes of at least 4 members (excludes halogenated alkanes) is 1. The third-order valence-electron chi connectivity index (χ3n) is 4.81. The molecule has 0 bridgehead atoms. The summed E-state index contributed by atoms with van der Waals surface area (Å²) in [6, 6.07) is 0. The zero-order chi connectivity index (χ0) is 17.8. The number of halogens is 1. The van der Waals surface area contributed by atoms with E-state index in [1.54, 1.807) is 21.0 Å². The Hall–Kier alpha value is -0.0900. The summed E-state index contributed by atoms with van der Waals surface area (Å²) >= 11 is 0. The zero-order valence-electron chi connectivity index (χ0n) is 16.1. The van der Waals surface area contributed by atoms with Gasteiger partial charge in [0.15, 0.2) is 5.96 Å². The first-order valence-corrected chi connectivity index (χ1v) is 11.0. The normalized spacial score (nSPS) is 16.1. The summed E-state index contributed by atoms with van der Waals surface area (Å²) < 4.78 is 24.7. The molecule has 0 aliphatic heterocycles. The third-order valence-corrected chi connectivity index (χ3v) is 6.67. The lowest BCUT2D eigenvalue weighted by molar-refractivity contribution is 0.460. The Morgan fingerprint density at radius 2 is 1.72 bits per heavy atom. The number of hydrogen-bond acceptors (Lipinski definition) is 3. The van der Waals surface area contributed by atoms with Gasteiger partial charge in [-0.15, -0.1) is 24.0 Å². The van der Waals surface area contributed by atoms with Gasteiger partial charge in [-0.2, -0.15) is 0 Å². The molecule has 0 aromatic rings. The highest BCUT2D eigenvalue weighted by molar-refractivity contribution is 14.0. The summed E-state index contributed by atoms with van der Waals surface area (Å²) in [5, 5.41) is 6.58. The number of aliphatic imine (C=N–C) groups is 1. The van der Waals surface area contributed by atoms with Crippen LogP contribution >= 0.6 is 24.0 Å². The van der Waals surface area contributed by atoms with E-state index < -0.39 is 10.0 Å². The van der Waals surface area contributed by atoms with Crippen LogP contribution in [0.15, 0.2) is 4.99 Å². The van der Waals surface area contributed by atoms with Gasteiger partial charge in [-0.3, -0.25) is 4.99 Å². The van der Waals surface area contributed by atoms with E-state index in [2.05, 4.69) is 15.6 Å². The molecule has 0 radical (unpaired) electrons. The van der Waals surface area contributed by atoms with Gasteiger partial charge in [0, 0.05) is 33.7 Å². The van der Waals surface area contributed by atoms with Crippen molar-refractivity contribution in [1.82, 2.24) is 14.9 Å². The van der Waals surface area contributed by atoms with Crippen molar-refractivity contribution in [3.8, 4) is 0 Å². The summed E-state index contributed by atoms with van der Waals surface area (Å²) in [7, 11) is 0.328. The first-order valence-electron chi connectivity index (χ1n) is 9.38. The number of guanidine groups is 1. The zero-order valence-corrected chi connectivity index (χ0v) is 19.2. The van der Waals surface area contributed by atoms with Crippen molar-refractivity contribution < 1.29 is 8.42 Å². The SMILES string of the molecule is CCS(=O)(=O)N(C)CCCNC(=NC)NCCCCC1CCCC1.I. The second kappa shape index (κ2) is 14.0. The fourth-order valence-electron chi connectivity index (χ4n) is 3.15. The molecule has 6 nitrogen and oxygen atoms in total. The maximum absolute atomic E-state index is 11.7. The monoisotopic (exact) mass is 488 g/mol. The van der Waals surface area contributed by atoms with E-state index in [4.69, 9.17) is 0 Å². The van der Waals surface area contributed by atoms with Crippen molar-refractivity contribution in [3.63, 3.8) is 0 Å². The topological polar surface area (TPSA) is 73.8 Å². The van der Waals surface area contributed by atoms with Gasteiger partial charge in [0.2, 0.25) is 10.0 Å². The molecule has 0 aromatic carbocycles. The molecular weight excluding hydrogens is 451 g/mol. The smallest absolute Gasteiger partial charge is 0.213 e. The summed E-state index contributed by atoms with van der Waals surface area (Å²) in [5.41, 5.74) is 0. The first-order chi connectivity index (χ1) is 11.5. The predicted octanol–water partition coefficient (Wildman–Crippen LogP) is 2.80. The highest BCUT2D eigenvalue weighted by atomic mass is 127. The summed E-state index contributed by atoms with van der Waals surface area (Å²) in [6.07, 6.45) is 10.3. The van der Waals surface area contributed by atoms with E-state index in [0.717, 1.165) is 24.8 Å². The third kappa shape index (κ3) is 10.6. The quantitative estimate of drug-likeness (QED) is 0.203. The fourth-order valence-corrected chi connectivity index (χ4v) is 4.00. The van der Waals surface area contributed by atoms with Crippen LogP contribution in [0.5, 0.6) is 0 Å². The number of rotatable bonds is 11. The van der Waals surface area contributed by atoms with Crippen LogP contribution in [0.4, 0.5) is 0 Å². The molecule has 0 aromatic heterocycles. The van der Waals surface area contributed by atoms with E-state index in [-0.39, 0.29) is 29.7 Å². The molecule has 0 spiro atoms. The van der Waals surface area contributed by atoms with E-state index in [1.807, 2.05) is 0 Å². The van der Waals surface area contributed by atoms with Gasteiger partial charge in [0.1, 0.15) is 0 Å². The van der Waals surface area contributed by atoms with E-state index >= 15 is 0 Å². The van der Waals surface area contributed by atoms with Crippen molar-refractivity contribution in [2.24, 2.45) is 10.9 Å². The van der Waals surface area contributed by atoms with Gasteiger partial charge in [0.05, 0.1) is 5.75 Å². The lowest BCUT2D eigenvalue weighted by Crippen LogP contribution is -2.39. The van der Waals surface area contributed by atoms with Gasteiger partial charge in [-0.25, -0.2) is 12.7 Å². The van der Waals surface area contributed by atoms with Crippen molar-refractivity contribution in [1.29, 1.82) is 0 Å². The second-order valence-electron chi connectivity index (χ2n) is 6.65. The molecule has 0 atom stereocenters. The number of hydrogen-bond donors (Lipinski definition) is 2. The molecule has 2 N–H and O–H groups in total. The molecule has 25 heavy (non-hydrogen) atoms. The van der Waals surface area contributed by atoms with Crippen LogP contribution in [0.3, 0.4) is 0 Å². The highest BCUT2D eigenvalue weighted by Gasteiger charge is 2.14. The van der Waals surface area contributed by atoms with Gasteiger partial charge in [-0.05, 0) is 25.7 Å². The van der Waals surface area contributed by atoms with E-state index in [1.165, 1.54) is 49.3 Å². The Morgan fingerprint density at radius 1 is 1.12 bits per heavy atom. The predicted molar refractivity (Wildman–Crippen MR) is 117 cm³/mol. The van der Waals surface area contributed by atoms with Gasteiger partial charge in [0.25, 0.3) is 0 Å². The van der Waals surface area contributed by atoms with Crippen molar-refractivity contribution in [2.75, 3.05) is 39.5 Å². The Labute approximate surface area is 171 Å². The van der Waals surface area contributed by atoms with Crippen LogP contribution in [0, 0.1) is 5.92 Å². The first kappa shape index (κ1) is 24.9. The molecular formula is C17H37IN4O2S. The largest absolute Gasteiger partial charge is 0.356 e. The molecule has 1 rings (SSSR count). The molecule has 8 heteroatoms. The number of nitrogens with one attached hydrogen (secondary N) is 2. The Morgan fingerprint density at radius 3 is 2.28 bits per heavy atom. The molecule has 1 aliphatic rings. The molecule has 150 valence electrons. The van der Waals surface area contributed by atoms with Crippen LogP contribution in [0.1, 0.15) is 58.3 Å². The molecule has 0 amide bonds. The van der Waals surface area contributed by atoms with Gasteiger partial charge >= 0.3 is 0 Å². The molecule has 1 fully saturated rings. The maximum Gasteiger partial charge on any atom is 0.213 e. The molecule has 1 saturated carbocycles. The second-order valence-corrected chi connectivity index (χ2v) is 9.01. The summed E-state index contributed by atoms with van der Waals surface area (Å²) in [6.45, 7) is 3.85. The summed E-state index contributed by atoms with van der Waals surface area (Å²) in [5.74, 6) is 1.93.